The molecule has 1 unspecified atom stereocenters. The molecule has 0 spiro atoms. The van der Waals surface area contributed by atoms with Crippen molar-refractivity contribution >= 4 is 17.5 Å². The van der Waals surface area contributed by atoms with E-state index in [-0.39, 0.29) is 11.8 Å². The van der Waals surface area contributed by atoms with Crippen molar-refractivity contribution in [2.24, 2.45) is 0 Å². The minimum Gasteiger partial charge on any atom is -0.370 e. The Morgan fingerprint density at radius 3 is 2.52 bits per heavy atom. The van der Waals surface area contributed by atoms with Crippen molar-refractivity contribution in [2.45, 2.75) is 25.3 Å². The van der Waals surface area contributed by atoms with Gasteiger partial charge in [-0.1, -0.05) is 24.3 Å². The fraction of sp³-hybridized carbons (Fsp3) is 0.381. The summed E-state index contributed by atoms with van der Waals surface area (Å²) >= 11 is 0. The monoisotopic (exact) mass is 366 g/mol. The third-order valence-electron chi connectivity index (χ3n) is 4.88. The van der Waals surface area contributed by atoms with Gasteiger partial charge in [0.25, 0.3) is 5.91 Å². The molecule has 1 N–H and O–H groups in total. The SMILES string of the molecule is Cc1ccc(C(=O)N2CCCC(Nc3ccccc3)(C(=O)N(C)C)C2)nc1. The highest BCUT2D eigenvalue weighted by Crippen LogP contribution is 2.28. The summed E-state index contributed by atoms with van der Waals surface area (Å²) < 4.78 is 0. The third kappa shape index (κ3) is 4.10. The average Bonchev–Trinajstić information content (AvgIpc) is 2.68. The Labute approximate surface area is 160 Å². The molecular formula is C21H26N4O2. The molecule has 1 fully saturated rings. The van der Waals surface area contributed by atoms with Crippen LogP contribution >= 0.6 is 0 Å². The molecule has 2 heterocycles. The van der Waals surface area contributed by atoms with Crippen LogP contribution in [0.15, 0.2) is 48.7 Å². The molecule has 1 aromatic heterocycles. The van der Waals surface area contributed by atoms with Crippen LogP contribution in [0.3, 0.4) is 0 Å². The summed E-state index contributed by atoms with van der Waals surface area (Å²) in [4.78, 5) is 33.6. The van der Waals surface area contributed by atoms with E-state index in [0.29, 0.717) is 25.2 Å². The highest BCUT2D eigenvalue weighted by atomic mass is 16.2. The number of aryl methyl sites for hydroxylation is 1. The maximum atomic E-state index is 13.1. The highest BCUT2D eigenvalue weighted by Gasteiger charge is 2.44. The number of amides is 2. The average molecular weight is 366 g/mol. The molecule has 0 saturated carbocycles. The molecule has 1 aliphatic heterocycles. The van der Waals surface area contributed by atoms with Gasteiger partial charge in [-0.05, 0) is 43.5 Å². The Hall–Kier alpha value is -2.89. The van der Waals surface area contributed by atoms with Crippen molar-refractivity contribution in [1.29, 1.82) is 0 Å². The zero-order valence-corrected chi connectivity index (χ0v) is 16.1. The first-order valence-corrected chi connectivity index (χ1v) is 9.18. The number of carbonyl (C=O) groups excluding carboxylic acids is 2. The smallest absolute Gasteiger partial charge is 0.272 e. The van der Waals surface area contributed by atoms with Crippen LogP contribution in [0.5, 0.6) is 0 Å². The minimum absolute atomic E-state index is 0.0271. The molecule has 0 aliphatic carbocycles. The fourth-order valence-corrected chi connectivity index (χ4v) is 3.54. The number of carbonyl (C=O) groups is 2. The van der Waals surface area contributed by atoms with E-state index in [1.807, 2.05) is 43.3 Å². The number of para-hydroxylation sites is 1. The summed E-state index contributed by atoms with van der Waals surface area (Å²) in [6.07, 6.45) is 3.11. The Balaban J connectivity index is 1.88. The molecule has 1 saturated heterocycles. The lowest BCUT2D eigenvalue weighted by molar-refractivity contribution is -0.135. The summed E-state index contributed by atoms with van der Waals surface area (Å²) in [5.74, 6) is -0.166. The van der Waals surface area contributed by atoms with Crippen LogP contribution in [0.4, 0.5) is 5.69 Å². The third-order valence-corrected chi connectivity index (χ3v) is 4.88. The number of aromatic nitrogens is 1. The van der Waals surface area contributed by atoms with Gasteiger partial charge in [0.1, 0.15) is 11.2 Å². The second-order valence-electron chi connectivity index (χ2n) is 7.32. The number of anilines is 1. The van der Waals surface area contributed by atoms with Crippen molar-refractivity contribution in [3.05, 3.63) is 59.9 Å². The number of pyridine rings is 1. The molecule has 1 atom stereocenters. The number of nitrogens with zero attached hydrogens (tertiary/aromatic N) is 3. The van der Waals surface area contributed by atoms with E-state index in [0.717, 1.165) is 17.7 Å². The summed E-state index contributed by atoms with van der Waals surface area (Å²) in [5, 5.41) is 3.42. The molecule has 27 heavy (non-hydrogen) atoms. The Morgan fingerprint density at radius 1 is 1.15 bits per heavy atom. The molecule has 2 aromatic rings. The molecule has 6 nitrogen and oxygen atoms in total. The first-order chi connectivity index (χ1) is 12.9. The Bertz CT molecular complexity index is 805. The number of hydrogen-bond acceptors (Lipinski definition) is 4. The predicted molar refractivity (Wildman–Crippen MR) is 106 cm³/mol. The van der Waals surface area contributed by atoms with E-state index in [4.69, 9.17) is 0 Å². The van der Waals surface area contributed by atoms with Gasteiger partial charge in [-0.3, -0.25) is 14.6 Å². The molecule has 1 aromatic carbocycles. The molecule has 0 bridgehead atoms. The summed E-state index contributed by atoms with van der Waals surface area (Å²) in [7, 11) is 3.50. The number of likely N-dealkylation sites (tertiary alicyclic amines) is 1. The van der Waals surface area contributed by atoms with Gasteiger partial charge in [0.2, 0.25) is 5.91 Å². The van der Waals surface area contributed by atoms with Gasteiger partial charge in [-0.25, -0.2) is 0 Å². The minimum atomic E-state index is -0.844. The van der Waals surface area contributed by atoms with Crippen molar-refractivity contribution in [1.82, 2.24) is 14.8 Å². The molecule has 142 valence electrons. The zero-order chi connectivity index (χ0) is 19.4. The lowest BCUT2D eigenvalue weighted by Crippen LogP contribution is -2.62. The molecule has 1 aliphatic rings. The van der Waals surface area contributed by atoms with Crippen molar-refractivity contribution < 1.29 is 9.59 Å². The van der Waals surface area contributed by atoms with E-state index >= 15 is 0 Å². The van der Waals surface area contributed by atoms with Gasteiger partial charge in [0.05, 0.1) is 6.54 Å². The number of benzene rings is 1. The largest absolute Gasteiger partial charge is 0.370 e. The first kappa shape index (κ1) is 18.9. The number of rotatable bonds is 4. The number of likely N-dealkylation sites (N-methyl/N-ethyl adjacent to an activating group) is 1. The van der Waals surface area contributed by atoms with Crippen LogP contribution in [0.1, 0.15) is 28.9 Å². The first-order valence-electron chi connectivity index (χ1n) is 9.18. The van der Waals surface area contributed by atoms with Gasteiger partial charge in [0, 0.05) is 32.5 Å². The summed E-state index contributed by atoms with van der Waals surface area (Å²) in [6, 6.07) is 13.3. The molecular weight excluding hydrogens is 340 g/mol. The standard InChI is InChI=1S/C21H26N4O2/c1-16-10-11-18(22-14-16)19(26)25-13-7-12-21(15-25,20(27)24(2)3)23-17-8-5-4-6-9-17/h4-6,8-11,14,23H,7,12-13,15H2,1-3H3. The summed E-state index contributed by atoms with van der Waals surface area (Å²) in [6.45, 7) is 2.87. The van der Waals surface area contributed by atoms with Gasteiger partial charge >= 0.3 is 0 Å². The number of piperidine rings is 1. The highest BCUT2D eigenvalue weighted by molar-refractivity contribution is 5.95. The quantitative estimate of drug-likeness (QED) is 0.903. The fourth-order valence-electron chi connectivity index (χ4n) is 3.54. The zero-order valence-electron chi connectivity index (χ0n) is 16.1. The lowest BCUT2D eigenvalue weighted by atomic mass is 9.86. The van der Waals surface area contributed by atoms with E-state index in [1.165, 1.54) is 0 Å². The van der Waals surface area contributed by atoms with Crippen molar-refractivity contribution in [2.75, 3.05) is 32.5 Å². The van der Waals surface area contributed by atoms with Gasteiger partial charge in [-0.2, -0.15) is 0 Å². The van der Waals surface area contributed by atoms with Crippen LogP contribution < -0.4 is 5.32 Å². The van der Waals surface area contributed by atoms with Crippen molar-refractivity contribution in [3.63, 3.8) is 0 Å². The van der Waals surface area contributed by atoms with Crippen LogP contribution in [0, 0.1) is 6.92 Å². The maximum absolute atomic E-state index is 13.1. The van der Waals surface area contributed by atoms with E-state index in [9.17, 15) is 9.59 Å². The predicted octanol–water partition coefficient (Wildman–Crippen LogP) is 2.57. The lowest BCUT2D eigenvalue weighted by Gasteiger charge is -2.43. The Morgan fingerprint density at radius 2 is 1.89 bits per heavy atom. The molecule has 6 heteroatoms. The number of hydrogen-bond donors (Lipinski definition) is 1. The van der Waals surface area contributed by atoms with E-state index in [1.54, 1.807) is 36.2 Å². The van der Waals surface area contributed by atoms with Crippen LogP contribution in [-0.2, 0) is 4.79 Å². The molecule has 2 amide bonds. The Kier molecular flexibility index (Phi) is 5.44. The van der Waals surface area contributed by atoms with Crippen LogP contribution in [0.25, 0.3) is 0 Å². The van der Waals surface area contributed by atoms with Crippen LogP contribution in [0.2, 0.25) is 0 Å². The summed E-state index contributed by atoms with van der Waals surface area (Å²) in [5.41, 5.74) is 1.45. The van der Waals surface area contributed by atoms with Gasteiger partial charge in [-0.15, -0.1) is 0 Å². The number of nitrogens with one attached hydrogen (secondary N) is 1. The second kappa shape index (κ2) is 7.78. The van der Waals surface area contributed by atoms with Crippen molar-refractivity contribution in [3.8, 4) is 0 Å². The maximum Gasteiger partial charge on any atom is 0.272 e. The van der Waals surface area contributed by atoms with E-state index < -0.39 is 5.54 Å². The second-order valence-corrected chi connectivity index (χ2v) is 7.32. The van der Waals surface area contributed by atoms with E-state index in [2.05, 4.69) is 10.3 Å². The molecule has 3 rings (SSSR count). The van der Waals surface area contributed by atoms with Gasteiger partial charge < -0.3 is 15.1 Å². The molecule has 0 radical (unpaired) electrons. The normalized spacial score (nSPS) is 19.4. The van der Waals surface area contributed by atoms with Crippen LogP contribution in [-0.4, -0.2) is 59.3 Å². The van der Waals surface area contributed by atoms with Gasteiger partial charge in [0.15, 0.2) is 0 Å². The topological polar surface area (TPSA) is 65.5 Å².